The molecule has 16 heavy (non-hydrogen) atoms. The van der Waals surface area contributed by atoms with E-state index in [1.54, 1.807) is 6.20 Å². The molecule has 0 fully saturated rings. The summed E-state index contributed by atoms with van der Waals surface area (Å²) >= 11 is 3.54. The summed E-state index contributed by atoms with van der Waals surface area (Å²) < 4.78 is 3.02. The lowest BCUT2D eigenvalue weighted by molar-refractivity contribution is 0.638. The quantitative estimate of drug-likeness (QED) is 0.932. The minimum Gasteiger partial charge on any atom is -0.382 e. The number of aryl methyl sites for hydroxylation is 1. The predicted molar refractivity (Wildman–Crippen MR) is 69.6 cm³/mol. The fraction of sp³-hybridized carbons (Fsp3) is 0.250. The summed E-state index contributed by atoms with van der Waals surface area (Å²) in [5, 5.41) is 7.52. The molecule has 0 aliphatic carbocycles. The Labute approximate surface area is 104 Å². The van der Waals surface area contributed by atoms with Gasteiger partial charge >= 0.3 is 0 Å². The number of nitrogens with zero attached hydrogens (tertiary/aromatic N) is 2. The summed E-state index contributed by atoms with van der Waals surface area (Å²) in [7, 11) is 0. The van der Waals surface area contributed by atoms with Gasteiger partial charge in [-0.3, -0.25) is 4.68 Å². The summed E-state index contributed by atoms with van der Waals surface area (Å²) in [6.07, 6.45) is 3.76. The Morgan fingerprint density at radius 3 is 3.00 bits per heavy atom. The molecule has 0 bridgehead atoms. The summed E-state index contributed by atoms with van der Waals surface area (Å²) in [5.74, 6) is 0. The minimum absolute atomic E-state index is 0.864. The first-order valence-corrected chi connectivity index (χ1v) is 6.02. The van der Waals surface area contributed by atoms with E-state index in [-0.39, 0.29) is 0 Å². The highest BCUT2D eigenvalue weighted by Crippen LogP contribution is 2.22. The molecule has 0 atom stereocenters. The third-order valence-corrected chi connectivity index (χ3v) is 3.00. The van der Waals surface area contributed by atoms with Crippen molar-refractivity contribution in [3.8, 4) is 0 Å². The van der Waals surface area contributed by atoms with E-state index in [9.17, 15) is 0 Å². The first kappa shape index (κ1) is 11.2. The van der Waals surface area contributed by atoms with Crippen molar-refractivity contribution in [3.63, 3.8) is 0 Å². The van der Waals surface area contributed by atoms with Gasteiger partial charge < -0.3 is 5.32 Å². The number of benzene rings is 1. The molecule has 1 aromatic carbocycles. The SMILES string of the molecule is Cc1ccc(NCCn2cccn2)c(Br)c1. The van der Waals surface area contributed by atoms with Crippen molar-refractivity contribution >= 4 is 21.6 Å². The van der Waals surface area contributed by atoms with Crippen LogP contribution in [0.5, 0.6) is 0 Å². The van der Waals surface area contributed by atoms with E-state index in [4.69, 9.17) is 0 Å². The first-order valence-electron chi connectivity index (χ1n) is 5.23. The van der Waals surface area contributed by atoms with Gasteiger partial charge in [0.05, 0.1) is 6.54 Å². The third-order valence-electron chi connectivity index (χ3n) is 2.34. The maximum Gasteiger partial charge on any atom is 0.0582 e. The van der Waals surface area contributed by atoms with Crippen molar-refractivity contribution < 1.29 is 0 Å². The van der Waals surface area contributed by atoms with Gasteiger partial charge in [-0.25, -0.2) is 0 Å². The van der Waals surface area contributed by atoms with Crippen LogP contribution in [0.3, 0.4) is 0 Å². The van der Waals surface area contributed by atoms with Gasteiger partial charge in [-0.1, -0.05) is 6.07 Å². The Kier molecular flexibility index (Phi) is 3.62. The molecule has 84 valence electrons. The largest absolute Gasteiger partial charge is 0.382 e. The number of hydrogen-bond acceptors (Lipinski definition) is 2. The second-order valence-electron chi connectivity index (χ2n) is 3.68. The lowest BCUT2D eigenvalue weighted by Gasteiger charge is -2.09. The smallest absolute Gasteiger partial charge is 0.0582 e. The number of hydrogen-bond donors (Lipinski definition) is 1. The monoisotopic (exact) mass is 279 g/mol. The molecule has 0 aliphatic heterocycles. The van der Waals surface area contributed by atoms with Gasteiger partial charge in [-0.15, -0.1) is 0 Å². The van der Waals surface area contributed by atoms with Crippen molar-refractivity contribution in [2.45, 2.75) is 13.5 Å². The molecule has 0 unspecified atom stereocenters. The van der Waals surface area contributed by atoms with Crippen LogP contribution in [0.2, 0.25) is 0 Å². The third kappa shape index (κ3) is 2.85. The Hall–Kier alpha value is -1.29. The van der Waals surface area contributed by atoms with Crippen LogP contribution in [0.25, 0.3) is 0 Å². The van der Waals surface area contributed by atoms with Gasteiger partial charge in [0, 0.05) is 29.1 Å². The molecule has 0 spiro atoms. The number of anilines is 1. The molecule has 0 saturated heterocycles. The van der Waals surface area contributed by atoms with Crippen LogP contribution < -0.4 is 5.32 Å². The molecule has 1 N–H and O–H groups in total. The van der Waals surface area contributed by atoms with Crippen LogP contribution >= 0.6 is 15.9 Å². The van der Waals surface area contributed by atoms with Gasteiger partial charge in [-0.2, -0.15) is 5.10 Å². The first-order chi connectivity index (χ1) is 7.75. The molecular formula is C12H14BrN3. The van der Waals surface area contributed by atoms with Crippen LogP contribution in [0.4, 0.5) is 5.69 Å². The Morgan fingerprint density at radius 2 is 2.31 bits per heavy atom. The van der Waals surface area contributed by atoms with Crippen molar-refractivity contribution in [2.75, 3.05) is 11.9 Å². The van der Waals surface area contributed by atoms with Gasteiger partial charge in [0.1, 0.15) is 0 Å². The van der Waals surface area contributed by atoms with Gasteiger partial charge in [-0.05, 0) is 46.6 Å². The van der Waals surface area contributed by atoms with Crippen molar-refractivity contribution in [3.05, 3.63) is 46.7 Å². The average Bonchev–Trinajstić information content (AvgIpc) is 2.74. The fourth-order valence-electron chi connectivity index (χ4n) is 1.50. The molecule has 3 nitrogen and oxygen atoms in total. The van der Waals surface area contributed by atoms with E-state index < -0.39 is 0 Å². The number of rotatable bonds is 4. The lowest BCUT2D eigenvalue weighted by Crippen LogP contribution is -2.11. The van der Waals surface area contributed by atoms with Crippen LogP contribution in [0, 0.1) is 6.92 Å². The van der Waals surface area contributed by atoms with Gasteiger partial charge in [0.15, 0.2) is 0 Å². The van der Waals surface area contributed by atoms with Crippen LogP contribution in [0.15, 0.2) is 41.1 Å². The second-order valence-corrected chi connectivity index (χ2v) is 4.53. The van der Waals surface area contributed by atoms with E-state index >= 15 is 0 Å². The average molecular weight is 280 g/mol. The maximum atomic E-state index is 4.15. The molecule has 4 heteroatoms. The van der Waals surface area contributed by atoms with Crippen LogP contribution in [0.1, 0.15) is 5.56 Å². The number of halogens is 1. The van der Waals surface area contributed by atoms with Gasteiger partial charge in [0.2, 0.25) is 0 Å². The zero-order valence-corrected chi connectivity index (χ0v) is 10.7. The molecule has 0 saturated carbocycles. The summed E-state index contributed by atoms with van der Waals surface area (Å²) in [6.45, 7) is 3.81. The molecule has 0 amide bonds. The van der Waals surface area contributed by atoms with Crippen LogP contribution in [-0.4, -0.2) is 16.3 Å². The van der Waals surface area contributed by atoms with Crippen molar-refractivity contribution in [1.82, 2.24) is 9.78 Å². The Bertz CT molecular complexity index is 451. The zero-order valence-electron chi connectivity index (χ0n) is 9.15. The molecule has 0 aliphatic rings. The highest BCUT2D eigenvalue weighted by molar-refractivity contribution is 9.10. The van der Waals surface area contributed by atoms with Crippen molar-refractivity contribution in [1.29, 1.82) is 0 Å². The molecule has 1 heterocycles. The highest BCUT2D eigenvalue weighted by atomic mass is 79.9. The molecule has 2 aromatic rings. The fourth-order valence-corrected chi connectivity index (χ4v) is 2.13. The van der Waals surface area contributed by atoms with Gasteiger partial charge in [0.25, 0.3) is 0 Å². The summed E-state index contributed by atoms with van der Waals surface area (Å²) in [5.41, 5.74) is 2.38. The predicted octanol–water partition coefficient (Wildman–Crippen LogP) is 3.07. The molecule has 2 rings (SSSR count). The van der Waals surface area contributed by atoms with E-state index in [1.807, 2.05) is 16.9 Å². The van der Waals surface area contributed by atoms with Crippen LogP contribution in [-0.2, 0) is 6.54 Å². The summed E-state index contributed by atoms with van der Waals surface area (Å²) in [6, 6.07) is 8.22. The topological polar surface area (TPSA) is 29.9 Å². The number of nitrogens with one attached hydrogen (secondary N) is 1. The van der Waals surface area contributed by atoms with Crippen molar-refractivity contribution in [2.24, 2.45) is 0 Å². The van der Waals surface area contributed by atoms with E-state index in [0.717, 1.165) is 23.2 Å². The molecule has 1 aromatic heterocycles. The Morgan fingerprint density at radius 1 is 1.44 bits per heavy atom. The maximum absolute atomic E-state index is 4.15. The lowest BCUT2D eigenvalue weighted by atomic mass is 10.2. The number of aromatic nitrogens is 2. The highest BCUT2D eigenvalue weighted by Gasteiger charge is 1.98. The zero-order chi connectivity index (χ0) is 11.4. The Balaban J connectivity index is 1.90. The molecular weight excluding hydrogens is 266 g/mol. The second kappa shape index (κ2) is 5.16. The summed E-state index contributed by atoms with van der Waals surface area (Å²) in [4.78, 5) is 0. The minimum atomic E-state index is 0.864. The standard InChI is InChI=1S/C12H14BrN3/c1-10-3-4-12(11(13)9-10)14-6-8-16-7-2-5-15-16/h2-5,7,9,14H,6,8H2,1H3. The normalized spacial score (nSPS) is 10.4. The van der Waals surface area contributed by atoms with E-state index in [2.05, 4.69) is 51.5 Å². The van der Waals surface area contributed by atoms with E-state index in [0.29, 0.717) is 0 Å². The molecule has 0 radical (unpaired) electrons. The van der Waals surface area contributed by atoms with E-state index in [1.165, 1.54) is 5.56 Å².